The van der Waals surface area contributed by atoms with E-state index in [2.05, 4.69) is 70.5 Å². The molecule has 0 unspecified atom stereocenters. The molecule has 1 aliphatic rings. The fourth-order valence-corrected chi connectivity index (χ4v) is 7.84. The van der Waals surface area contributed by atoms with E-state index in [0.29, 0.717) is 46.7 Å². The van der Waals surface area contributed by atoms with E-state index in [1.165, 1.54) is 22.7 Å². The molecule has 0 radical (unpaired) electrons. The first-order valence-corrected chi connectivity index (χ1v) is 18.1. The highest BCUT2D eigenvalue weighted by molar-refractivity contribution is 6.10. The summed E-state index contributed by atoms with van der Waals surface area (Å²) in [6, 6.07) is 38.6. The molecule has 0 amide bonds. The van der Waals surface area contributed by atoms with E-state index in [9.17, 15) is 14.4 Å². The molecule has 0 saturated carbocycles. The third-order valence-electron chi connectivity index (χ3n) is 10.6. The van der Waals surface area contributed by atoms with Crippen LogP contribution in [0.1, 0.15) is 59.3 Å². The number of rotatable bonds is 11. The number of para-hydroxylation sites is 1. The lowest BCUT2D eigenvalue weighted by atomic mass is 9.68. The molecule has 0 spiro atoms. The molecule has 1 saturated heterocycles. The SMILES string of the molecule is Cc1nc2c(c(-c3cccc(Oc4ccccc4)c3)c1C(=O)CCCCN1CCC(c3ccccc3)(c3ccccc3)CC1)c(=O)n(C)c(=O)n2C. The van der Waals surface area contributed by atoms with E-state index in [-0.39, 0.29) is 22.2 Å². The van der Waals surface area contributed by atoms with Gasteiger partial charge < -0.3 is 9.64 Å². The zero-order valence-electron chi connectivity index (χ0n) is 30.0. The van der Waals surface area contributed by atoms with Gasteiger partial charge in [-0.1, -0.05) is 91.0 Å². The summed E-state index contributed by atoms with van der Waals surface area (Å²) in [5.74, 6) is 1.17. The minimum atomic E-state index is -0.490. The number of fused-ring (bicyclic) bond motifs is 1. The van der Waals surface area contributed by atoms with E-state index >= 15 is 0 Å². The zero-order valence-corrected chi connectivity index (χ0v) is 30.0. The van der Waals surface area contributed by atoms with Crippen molar-refractivity contribution in [1.29, 1.82) is 0 Å². The number of likely N-dealkylation sites (tertiary alicyclic amines) is 1. The third-order valence-corrected chi connectivity index (χ3v) is 10.6. The van der Waals surface area contributed by atoms with Crippen LogP contribution < -0.4 is 16.0 Å². The molecule has 1 fully saturated rings. The maximum absolute atomic E-state index is 14.2. The van der Waals surface area contributed by atoms with Crippen LogP contribution in [0.3, 0.4) is 0 Å². The van der Waals surface area contributed by atoms with Crippen molar-refractivity contribution in [1.82, 2.24) is 19.0 Å². The molecule has 8 nitrogen and oxygen atoms in total. The number of hydrogen-bond donors (Lipinski definition) is 0. The lowest BCUT2D eigenvalue weighted by Crippen LogP contribution is -2.43. The molecule has 6 aromatic rings. The monoisotopic (exact) mass is 692 g/mol. The Bertz CT molecular complexity index is 2280. The first-order chi connectivity index (χ1) is 25.3. The molecule has 0 bridgehead atoms. The number of benzene rings is 4. The van der Waals surface area contributed by atoms with E-state index < -0.39 is 11.2 Å². The number of ketones is 1. The van der Waals surface area contributed by atoms with Crippen LogP contribution >= 0.6 is 0 Å². The van der Waals surface area contributed by atoms with Crippen LogP contribution in [0, 0.1) is 6.92 Å². The van der Waals surface area contributed by atoms with Gasteiger partial charge >= 0.3 is 5.69 Å². The second-order valence-corrected chi connectivity index (χ2v) is 13.8. The predicted molar refractivity (Wildman–Crippen MR) is 206 cm³/mol. The topological polar surface area (TPSA) is 86.4 Å². The van der Waals surface area contributed by atoms with Gasteiger partial charge in [-0.2, -0.15) is 0 Å². The Morgan fingerprint density at radius 1 is 0.750 bits per heavy atom. The summed E-state index contributed by atoms with van der Waals surface area (Å²) >= 11 is 0. The molecule has 52 heavy (non-hydrogen) atoms. The molecule has 0 aliphatic carbocycles. The highest BCUT2D eigenvalue weighted by Crippen LogP contribution is 2.42. The molecular formula is C44H44N4O4. The van der Waals surface area contributed by atoms with Gasteiger partial charge in [0.05, 0.1) is 11.1 Å². The summed E-state index contributed by atoms with van der Waals surface area (Å²) in [7, 11) is 3.05. The second-order valence-electron chi connectivity index (χ2n) is 13.8. The van der Waals surface area contributed by atoms with Crippen LogP contribution in [0.15, 0.2) is 125 Å². The fraction of sp³-hybridized carbons (Fsp3) is 0.273. The Balaban J connectivity index is 1.12. The van der Waals surface area contributed by atoms with Crippen LogP contribution in [-0.4, -0.2) is 44.4 Å². The zero-order chi connectivity index (χ0) is 36.2. The minimum Gasteiger partial charge on any atom is -0.457 e. The molecule has 1 aliphatic heterocycles. The van der Waals surface area contributed by atoms with Gasteiger partial charge in [-0.25, -0.2) is 9.78 Å². The predicted octanol–water partition coefficient (Wildman–Crippen LogP) is 7.84. The summed E-state index contributed by atoms with van der Waals surface area (Å²) in [5.41, 5.74) is 4.05. The van der Waals surface area contributed by atoms with Crippen molar-refractivity contribution in [2.24, 2.45) is 14.1 Å². The van der Waals surface area contributed by atoms with Gasteiger partial charge in [0, 0.05) is 37.1 Å². The highest BCUT2D eigenvalue weighted by Gasteiger charge is 2.37. The maximum Gasteiger partial charge on any atom is 0.332 e. The second kappa shape index (κ2) is 14.9. The molecular weight excluding hydrogens is 649 g/mol. The summed E-state index contributed by atoms with van der Waals surface area (Å²) < 4.78 is 8.58. The van der Waals surface area contributed by atoms with Crippen molar-refractivity contribution in [2.45, 2.75) is 44.4 Å². The molecule has 3 heterocycles. The van der Waals surface area contributed by atoms with Crippen molar-refractivity contribution in [3.05, 3.63) is 158 Å². The molecule has 8 heteroatoms. The van der Waals surface area contributed by atoms with Crippen LogP contribution in [-0.2, 0) is 19.5 Å². The van der Waals surface area contributed by atoms with Crippen LogP contribution in [0.25, 0.3) is 22.2 Å². The van der Waals surface area contributed by atoms with Crippen molar-refractivity contribution < 1.29 is 9.53 Å². The van der Waals surface area contributed by atoms with Crippen molar-refractivity contribution in [3.8, 4) is 22.6 Å². The average molecular weight is 693 g/mol. The van der Waals surface area contributed by atoms with Gasteiger partial charge in [0.15, 0.2) is 5.78 Å². The molecule has 0 atom stereocenters. The first-order valence-electron chi connectivity index (χ1n) is 18.1. The third kappa shape index (κ3) is 6.74. The minimum absolute atomic E-state index is 0.00398. The number of aryl methyl sites for hydroxylation is 2. The van der Waals surface area contributed by atoms with E-state index in [1.54, 1.807) is 14.0 Å². The number of aromatic nitrogens is 3. The van der Waals surface area contributed by atoms with Crippen molar-refractivity contribution >= 4 is 16.8 Å². The van der Waals surface area contributed by atoms with Crippen molar-refractivity contribution in [2.75, 3.05) is 19.6 Å². The molecule has 2 aromatic heterocycles. The first kappa shape index (κ1) is 34.8. The van der Waals surface area contributed by atoms with Gasteiger partial charge in [0.25, 0.3) is 5.56 Å². The quantitative estimate of drug-likeness (QED) is 0.102. The number of nitrogens with zero attached hydrogens (tertiary/aromatic N) is 4. The summed E-state index contributed by atoms with van der Waals surface area (Å²) in [6.07, 6.45) is 3.98. The van der Waals surface area contributed by atoms with E-state index in [0.717, 1.165) is 43.5 Å². The van der Waals surface area contributed by atoms with Crippen molar-refractivity contribution in [3.63, 3.8) is 0 Å². The highest BCUT2D eigenvalue weighted by atomic mass is 16.5. The fourth-order valence-electron chi connectivity index (χ4n) is 7.84. The lowest BCUT2D eigenvalue weighted by Gasteiger charge is -2.43. The Kier molecular flexibility index (Phi) is 10.0. The maximum atomic E-state index is 14.2. The Morgan fingerprint density at radius 2 is 1.35 bits per heavy atom. The number of pyridine rings is 1. The number of unbranched alkanes of at least 4 members (excludes halogenated alkanes) is 1. The number of piperidine rings is 1. The van der Waals surface area contributed by atoms with Gasteiger partial charge in [-0.3, -0.25) is 18.7 Å². The van der Waals surface area contributed by atoms with Crippen LogP contribution in [0.5, 0.6) is 11.5 Å². The number of carbonyl (C=O) groups excluding carboxylic acids is 1. The molecule has 0 N–H and O–H groups in total. The average Bonchev–Trinajstić information content (AvgIpc) is 3.18. The molecule has 264 valence electrons. The Hall–Kier alpha value is -5.60. The summed E-state index contributed by atoms with van der Waals surface area (Å²) in [6.45, 7) is 4.66. The number of Topliss-reactive ketones (excluding diaryl/α,β-unsaturated/α-hetero) is 1. The summed E-state index contributed by atoms with van der Waals surface area (Å²) in [5, 5.41) is 0.240. The Labute approximate surface area is 304 Å². The van der Waals surface area contributed by atoms with Gasteiger partial charge in [0.2, 0.25) is 0 Å². The molecule has 7 rings (SSSR count). The van der Waals surface area contributed by atoms with E-state index in [4.69, 9.17) is 4.74 Å². The smallest absolute Gasteiger partial charge is 0.332 e. The van der Waals surface area contributed by atoms with Crippen LogP contribution in [0.4, 0.5) is 0 Å². The normalized spacial score (nSPS) is 14.4. The van der Waals surface area contributed by atoms with Gasteiger partial charge in [-0.05, 0) is 93.2 Å². The number of hydrogen-bond acceptors (Lipinski definition) is 6. The van der Waals surface area contributed by atoms with Gasteiger partial charge in [-0.15, -0.1) is 0 Å². The number of ether oxygens (including phenoxy) is 1. The standard InChI is InChI=1S/C44H44N4O4/c1-31-38(37(49)24-13-14-27-48-28-25-44(26-29-48,33-17-7-4-8-18-33)34-19-9-5-10-20-34)39(40-41(45-31)46(2)43(51)47(3)42(40)50)32-16-15-23-36(30-32)52-35-21-11-6-12-22-35/h4-12,15-23,30H,13-14,24-29H2,1-3H3. The Morgan fingerprint density at radius 3 is 1.98 bits per heavy atom. The van der Waals surface area contributed by atoms with E-state index in [1.807, 2.05) is 54.6 Å². The van der Waals surface area contributed by atoms with Crippen LogP contribution in [0.2, 0.25) is 0 Å². The van der Waals surface area contributed by atoms with Gasteiger partial charge in [0.1, 0.15) is 17.1 Å². The molecule has 4 aromatic carbocycles. The summed E-state index contributed by atoms with van der Waals surface area (Å²) in [4.78, 5) is 48.1. The largest absolute Gasteiger partial charge is 0.457 e. The lowest BCUT2D eigenvalue weighted by molar-refractivity contribution is 0.0976. The number of carbonyl (C=O) groups is 1.